The van der Waals surface area contributed by atoms with E-state index in [0.717, 1.165) is 22.5 Å². The molecule has 0 bridgehead atoms. The van der Waals surface area contributed by atoms with Crippen LogP contribution in [-0.4, -0.2) is 21.4 Å². The van der Waals surface area contributed by atoms with Crippen LogP contribution in [0.5, 0.6) is 0 Å². The second-order valence-corrected chi connectivity index (χ2v) is 4.93. The molecule has 0 atom stereocenters. The molecule has 0 unspecified atom stereocenters. The summed E-state index contributed by atoms with van der Waals surface area (Å²) in [6.45, 7) is 6.08. The first-order valence-corrected chi connectivity index (χ1v) is 6.40. The SMILES string of the molecule is CC(=O)c1cc(C)n(Cc2ccc(C(=O)O)cc2)c1C. The third-order valence-electron chi connectivity index (χ3n) is 3.49. The minimum absolute atomic E-state index is 0.0607. The largest absolute Gasteiger partial charge is 0.478 e. The van der Waals surface area contributed by atoms with Gasteiger partial charge in [-0.15, -0.1) is 0 Å². The van der Waals surface area contributed by atoms with Crippen molar-refractivity contribution in [1.29, 1.82) is 0 Å². The average Bonchev–Trinajstić information content (AvgIpc) is 2.67. The van der Waals surface area contributed by atoms with E-state index in [2.05, 4.69) is 4.57 Å². The summed E-state index contributed by atoms with van der Waals surface area (Å²) in [5.74, 6) is -0.866. The van der Waals surface area contributed by atoms with Crippen LogP contribution >= 0.6 is 0 Å². The predicted molar refractivity (Wildman–Crippen MR) is 76.4 cm³/mol. The Bertz CT molecular complexity index is 666. The number of carboxylic acid groups (broad SMARTS) is 1. The summed E-state index contributed by atoms with van der Waals surface area (Å²) in [5.41, 5.74) is 3.99. The summed E-state index contributed by atoms with van der Waals surface area (Å²) in [6.07, 6.45) is 0. The molecule has 2 rings (SSSR count). The highest BCUT2D eigenvalue weighted by molar-refractivity contribution is 5.95. The number of aromatic nitrogens is 1. The monoisotopic (exact) mass is 271 g/mol. The van der Waals surface area contributed by atoms with Gasteiger partial charge >= 0.3 is 5.97 Å². The van der Waals surface area contributed by atoms with Crippen LogP contribution in [0.4, 0.5) is 0 Å². The first kappa shape index (κ1) is 14.1. The molecule has 0 aliphatic rings. The molecule has 0 radical (unpaired) electrons. The van der Waals surface area contributed by atoms with Crippen LogP contribution < -0.4 is 0 Å². The van der Waals surface area contributed by atoms with E-state index in [4.69, 9.17) is 5.11 Å². The standard InChI is InChI=1S/C16H17NO3/c1-10-8-15(12(3)18)11(2)17(10)9-13-4-6-14(7-5-13)16(19)20/h4-8H,9H2,1-3H3,(H,19,20). The smallest absolute Gasteiger partial charge is 0.335 e. The van der Waals surface area contributed by atoms with Crippen molar-refractivity contribution in [3.63, 3.8) is 0 Å². The molecule has 0 amide bonds. The van der Waals surface area contributed by atoms with Gasteiger partial charge in [0.2, 0.25) is 0 Å². The molecular weight excluding hydrogens is 254 g/mol. The minimum atomic E-state index is -0.927. The molecule has 0 spiro atoms. The van der Waals surface area contributed by atoms with Crippen molar-refractivity contribution in [2.45, 2.75) is 27.3 Å². The molecule has 0 saturated heterocycles. The molecule has 0 aliphatic heterocycles. The van der Waals surface area contributed by atoms with Crippen LogP contribution in [0.15, 0.2) is 30.3 Å². The molecule has 104 valence electrons. The van der Waals surface area contributed by atoms with Gasteiger partial charge < -0.3 is 9.67 Å². The molecule has 0 aliphatic carbocycles. The maximum atomic E-state index is 11.5. The molecule has 1 heterocycles. The fourth-order valence-corrected chi connectivity index (χ4v) is 2.34. The summed E-state index contributed by atoms with van der Waals surface area (Å²) in [5, 5.41) is 8.88. The van der Waals surface area contributed by atoms with Gasteiger partial charge in [0.05, 0.1) is 5.56 Å². The summed E-state index contributed by atoms with van der Waals surface area (Å²) < 4.78 is 2.06. The number of carbonyl (C=O) groups is 2. The summed E-state index contributed by atoms with van der Waals surface area (Å²) in [4.78, 5) is 22.3. The fourth-order valence-electron chi connectivity index (χ4n) is 2.34. The van der Waals surface area contributed by atoms with E-state index in [-0.39, 0.29) is 11.3 Å². The number of rotatable bonds is 4. The number of carbonyl (C=O) groups excluding carboxylic acids is 1. The maximum absolute atomic E-state index is 11.5. The van der Waals surface area contributed by atoms with E-state index in [1.54, 1.807) is 31.2 Å². The van der Waals surface area contributed by atoms with E-state index in [0.29, 0.717) is 6.54 Å². The van der Waals surface area contributed by atoms with Crippen LogP contribution in [0.1, 0.15) is 44.6 Å². The molecule has 1 aromatic heterocycles. The van der Waals surface area contributed by atoms with Crippen LogP contribution in [0.2, 0.25) is 0 Å². The number of ketones is 1. The average molecular weight is 271 g/mol. The first-order valence-electron chi connectivity index (χ1n) is 6.40. The lowest BCUT2D eigenvalue weighted by Gasteiger charge is -2.10. The Morgan fingerprint density at radius 1 is 1.15 bits per heavy atom. The zero-order chi connectivity index (χ0) is 14.9. The lowest BCUT2D eigenvalue weighted by molar-refractivity contribution is 0.0696. The number of hydrogen-bond acceptors (Lipinski definition) is 2. The molecular formula is C16H17NO3. The molecule has 0 saturated carbocycles. The minimum Gasteiger partial charge on any atom is -0.478 e. The topological polar surface area (TPSA) is 59.3 Å². The van der Waals surface area contributed by atoms with Crippen LogP contribution in [-0.2, 0) is 6.54 Å². The Hall–Kier alpha value is -2.36. The maximum Gasteiger partial charge on any atom is 0.335 e. The van der Waals surface area contributed by atoms with Gasteiger partial charge in [-0.25, -0.2) is 4.79 Å². The van der Waals surface area contributed by atoms with Crippen molar-refractivity contribution in [2.24, 2.45) is 0 Å². The molecule has 2 aromatic rings. The van der Waals surface area contributed by atoms with Gasteiger partial charge in [-0.1, -0.05) is 12.1 Å². The lowest BCUT2D eigenvalue weighted by atomic mass is 10.1. The number of aryl methyl sites for hydroxylation is 1. The van der Waals surface area contributed by atoms with Gasteiger partial charge in [-0.3, -0.25) is 4.79 Å². The first-order chi connectivity index (χ1) is 9.40. The van der Waals surface area contributed by atoms with Crippen molar-refractivity contribution in [1.82, 2.24) is 4.57 Å². The van der Waals surface area contributed by atoms with Crippen molar-refractivity contribution in [2.75, 3.05) is 0 Å². The lowest BCUT2D eigenvalue weighted by Crippen LogP contribution is -2.05. The summed E-state index contributed by atoms with van der Waals surface area (Å²) >= 11 is 0. The second kappa shape index (κ2) is 5.33. The fraction of sp³-hybridized carbons (Fsp3) is 0.250. The Morgan fingerprint density at radius 3 is 2.20 bits per heavy atom. The molecule has 1 N–H and O–H groups in total. The van der Waals surface area contributed by atoms with Gasteiger partial charge in [-0.05, 0) is 44.5 Å². The molecule has 4 nitrogen and oxygen atoms in total. The number of Topliss-reactive ketones (excluding diaryl/α,β-unsaturated/α-hetero) is 1. The zero-order valence-electron chi connectivity index (χ0n) is 11.8. The van der Waals surface area contributed by atoms with E-state index in [1.807, 2.05) is 19.9 Å². The van der Waals surface area contributed by atoms with Crippen molar-refractivity contribution >= 4 is 11.8 Å². The van der Waals surface area contributed by atoms with Gasteiger partial charge in [0, 0.05) is 23.5 Å². The van der Waals surface area contributed by atoms with Crippen molar-refractivity contribution in [3.8, 4) is 0 Å². The number of nitrogens with zero attached hydrogens (tertiary/aromatic N) is 1. The number of carboxylic acids is 1. The Labute approximate surface area is 117 Å². The van der Waals surface area contributed by atoms with Gasteiger partial charge in [0.15, 0.2) is 5.78 Å². The van der Waals surface area contributed by atoms with Gasteiger partial charge in [0.1, 0.15) is 0 Å². The predicted octanol–water partition coefficient (Wildman–Crippen LogP) is 3.05. The quantitative estimate of drug-likeness (QED) is 0.869. The Morgan fingerprint density at radius 2 is 1.75 bits per heavy atom. The highest BCUT2D eigenvalue weighted by Gasteiger charge is 2.12. The molecule has 4 heteroatoms. The molecule has 0 fully saturated rings. The molecule has 20 heavy (non-hydrogen) atoms. The molecule has 1 aromatic carbocycles. The summed E-state index contributed by atoms with van der Waals surface area (Å²) in [6, 6.07) is 8.68. The van der Waals surface area contributed by atoms with E-state index in [9.17, 15) is 9.59 Å². The van der Waals surface area contributed by atoms with E-state index < -0.39 is 5.97 Å². The highest BCUT2D eigenvalue weighted by atomic mass is 16.4. The second-order valence-electron chi connectivity index (χ2n) is 4.93. The van der Waals surface area contributed by atoms with Crippen molar-refractivity contribution in [3.05, 3.63) is 58.4 Å². The van der Waals surface area contributed by atoms with E-state index in [1.165, 1.54) is 0 Å². The third kappa shape index (κ3) is 2.64. The Balaban J connectivity index is 2.30. The van der Waals surface area contributed by atoms with Crippen molar-refractivity contribution < 1.29 is 14.7 Å². The van der Waals surface area contributed by atoms with Crippen LogP contribution in [0, 0.1) is 13.8 Å². The third-order valence-corrected chi connectivity index (χ3v) is 3.49. The zero-order valence-corrected chi connectivity index (χ0v) is 11.8. The normalized spacial score (nSPS) is 10.6. The van der Waals surface area contributed by atoms with Gasteiger partial charge in [-0.2, -0.15) is 0 Å². The van der Waals surface area contributed by atoms with Crippen LogP contribution in [0.25, 0.3) is 0 Å². The number of benzene rings is 1. The highest BCUT2D eigenvalue weighted by Crippen LogP contribution is 2.18. The number of hydrogen-bond donors (Lipinski definition) is 1. The Kier molecular flexibility index (Phi) is 3.74. The van der Waals surface area contributed by atoms with Crippen LogP contribution in [0.3, 0.4) is 0 Å². The number of aromatic carboxylic acids is 1. The van der Waals surface area contributed by atoms with Gasteiger partial charge in [0.25, 0.3) is 0 Å². The summed E-state index contributed by atoms with van der Waals surface area (Å²) in [7, 11) is 0. The van der Waals surface area contributed by atoms with E-state index >= 15 is 0 Å².